The number of pyridine rings is 1. The largest absolute Gasteiger partial charge is 0.314 e. The van der Waals surface area contributed by atoms with E-state index in [2.05, 4.69) is 33.9 Å². The Labute approximate surface area is 121 Å². The van der Waals surface area contributed by atoms with Gasteiger partial charge in [0.1, 0.15) is 0 Å². The summed E-state index contributed by atoms with van der Waals surface area (Å²) in [5.41, 5.74) is 1.34. The highest BCUT2D eigenvalue weighted by Crippen LogP contribution is 2.24. The highest BCUT2D eigenvalue weighted by Gasteiger charge is 2.20. The van der Waals surface area contributed by atoms with E-state index in [1.54, 1.807) is 0 Å². The number of halogens is 2. The lowest BCUT2D eigenvalue weighted by Crippen LogP contribution is -2.45. The van der Waals surface area contributed by atoms with Crippen molar-refractivity contribution in [2.24, 2.45) is 0 Å². The van der Waals surface area contributed by atoms with Gasteiger partial charge in [0.05, 0.1) is 0 Å². The van der Waals surface area contributed by atoms with Gasteiger partial charge >= 0.3 is 0 Å². The van der Waals surface area contributed by atoms with Crippen LogP contribution in [0.2, 0.25) is 0 Å². The molecule has 1 saturated heterocycles. The fourth-order valence-electron chi connectivity index (χ4n) is 2.23. The maximum atomic E-state index is 4.08. The number of aromatic nitrogens is 1. The lowest BCUT2D eigenvalue weighted by Gasteiger charge is -2.34. The standard InChI is InChI=1S/C13H19N3.2ClH/c1-2-3-13(12-4-6-14-7-5-12)16-10-8-15-9-11-16;;/h2,4-7,13,15H,1,3,8-11H2;2*1H/t13-;;/m0../s1. The molecule has 1 fully saturated rings. The van der Waals surface area contributed by atoms with Gasteiger partial charge in [-0.05, 0) is 24.1 Å². The van der Waals surface area contributed by atoms with Crippen LogP contribution in [-0.2, 0) is 0 Å². The SMILES string of the molecule is C=CC[C@@H](c1ccncc1)N1CCNCC1.Cl.Cl. The monoisotopic (exact) mass is 289 g/mol. The van der Waals surface area contributed by atoms with E-state index in [1.807, 2.05) is 18.5 Å². The molecule has 0 amide bonds. The summed E-state index contributed by atoms with van der Waals surface area (Å²) < 4.78 is 0. The zero-order chi connectivity index (χ0) is 11.2. The Morgan fingerprint density at radius 2 is 1.89 bits per heavy atom. The van der Waals surface area contributed by atoms with Gasteiger partial charge in [-0.25, -0.2) is 0 Å². The summed E-state index contributed by atoms with van der Waals surface area (Å²) in [6, 6.07) is 4.68. The van der Waals surface area contributed by atoms with Crippen molar-refractivity contribution in [3.63, 3.8) is 0 Å². The molecule has 0 radical (unpaired) electrons. The van der Waals surface area contributed by atoms with Gasteiger partial charge in [0.2, 0.25) is 0 Å². The Hall–Kier alpha value is -0.610. The predicted molar refractivity (Wildman–Crippen MR) is 80.7 cm³/mol. The molecule has 2 heterocycles. The first-order valence-corrected chi connectivity index (χ1v) is 5.87. The Morgan fingerprint density at radius 1 is 1.28 bits per heavy atom. The Morgan fingerprint density at radius 3 is 2.44 bits per heavy atom. The van der Waals surface area contributed by atoms with Gasteiger partial charge in [-0.1, -0.05) is 6.08 Å². The first kappa shape index (κ1) is 17.4. The first-order chi connectivity index (χ1) is 7.92. The van der Waals surface area contributed by atoms with Crippen LogP contribution >= 0.6 is 24.8 Å². The van der Waals surface area contributed by atoms with Crippen LogP contribution in [0, 0.1) is 0 Å². The van der Waals surface area contributed by atoms with Crippen LogP contribution in [0.1, 0.15) is 18.0 Å². The lowest BCUT2D eigenvalue weighted by atomic mass is 10.0. The molecule has 0 aliphatic carbocycles. The van der Waals surface area contributed by atoms with Crippen LogP contribution in [0.25, 0.3) is 0 Å². The Bertz CT molecular complexity index is 326. The molecule has 102 valence electrons. The van der Waals surface area contributed by atoms with Crippen molar-refractivity contribution < 1.29 is 0 Å². The van der Waals surface area contributed by atoms with E-state index >= 15 is 0 Å². The highest BCUT2D eigenvalue weighted by molar-refractivity contribution is 5.85. The third-order valence-electron chi connectivity index (χ3n) is 3.07. The second kappa shape index (κ2) is 9.34. The second-order valence-corrected chi connectivity index (χ2v) is 4.11. The Kier molecular flexibility index (Phi) is 9.02. The molecule has 0 unspecified atom stereocenters. The minimum atomic E-state index is 0. The molecule has 18 heavy (non-hydrogen) atoms. The average molecular weight is 290 g/mol. The van der Waals surface area contributed by atoms with Crippen LogP contribution in [-0.4, -0.2) is 36.1 Å². The molecule has 1 atom stereocenters. The molecular weight excluding hydrogens is 269 g/mol. The molecule has 0 saturated carbocycles. The molecule has 2 rings (SSSR count). The number of nitrogens with zero attached hydrogens (tertiary/aromatic N) is 2. The second-order valence-electron chi connectivity index (χ2n) is 4.11. The molecular formula is C13H21Cl2N3. The van der Waals surface area contributed by atoms with E-state index in [0.717, 1.165) is 32.6 Å². The van der Waals surface area contributed by atoms with Gasteiger partial charge in [0.15, 0.2) is 0 Å². The highest BCUT2D eigenvalue weighted by atomic mass is 35.5. The topological polar surface area (TPSA) is 28.2 Å². The summed E-state index contributed by atoms with van der Waals surface area (Å²) in [5.74, 6) is 0. The van der Waals surface area contributed by atoms with Crippen molar-refractivity contribution in [2.75, 3.05) is 26.2 Å². The number of hydrogen-bond donors (Lipinski definition) is 1. The minimum Gasteiger partial charge on any atom is -0.314 e. The zero-order valence-corrected chi connectivity index (χ0v) is 12.1. The maximum absolute atomic E-state index is 4.08. The average Bonchev–Trinajstić information content (AvgIpc) is 2.38. The predicted octanol–water partition coefficient (Wildman–Crippen LogP) is 2.45. The van der Waals surface area contributed by atoms with Gasteiger partial charge in [-0.3, -0.25) is 9.88 Å². The van der Waals surface area contributed by atoms with E-state index < -0.39 is 0 Å². The first-order valence-electron chi connectivity index (χ1n) is 5.87. The molecule has 0 aromatic carbocycles. The number of hydrogen-bond acceptors (Lipinski definition) is 3. The summed E-state index contributed by atoms with van der Waals surface area (Å²) in [5, 5.41) is 3.38. The minimum absolute atomic E-state index is 0. The number of rotatable bonds is 4. The Balaban J connectivity index is 0.00000144. The fourth-order valence-corrected chi connectivity index (χ4v) is 2.23. The van der Waals surface area contributed by atoms with Crippen molar-refractivity contribution >= 4 is 24.8 Å². The summed E-state index contributed by atoms with van der Waals surface area (Å²) >= 11 is 0. The van der Waals surface area contributed by atoms with Crippen molar-refractivity contribution in [3.8, 4) is 0 Å². The number of nitrogens with one attached hydrogen (secondary N) is 1. The van der Waals surface area contributed by atoms with E-state index in [4.69, 9.17) is 0 Å². The summed E-state index contributed by atoms with van der Waals surface area (Å²) in [7, 11) is 0. The van der Waals surface area contributed by atoms with Crippen molar-refractivity contribution in [1.29, 1.82) is 0 Å². The molecule has 1 aliphatic rings. The fraction of sp³-hybridized carbons (Fsp3) is 0.462. The van der Waals surface area contributed by atoms with Crippen molar-refractivity contribution in [1.82, 2.24) is 15.2 Å². The van der Waals surface area contributed by atoms with Crippen molar-refractivity contribution in [2.45, 2.75) is 12.5 Å². The molecule has 1 aromatic rings. The smallest absolute Gasteiger partial charge is 0.0384 e. The molecule has 1 aromatic heterocycles. The van der Waals surface area contributed by atoms with Crippen LogP contribution < -0.4 is 5.32 Å². The third-order valence-corrected chi connectivity index (χ3v) is 3.07. The maximum Gasteiger partial charge on any atom is 0.0384 e. The van der Waals surface area contributed by atoms with Gasteiger partial charge < -0.3 is 5.32 Å². The van der Waals surface area contributed by atoms with Gasteiger partial charge in [0.25, 0.3) is 0 Å². The van der Waals surface area contributed by atoms with Gasteiger partial charge in [-0.15, -0.1) is 31.4 Å². The molecule has 5 heteroatoms. The third kappa shape index (κ3) is 4.58. The van der Waals surface area contributed by atoms with Crippen LogP contribution in [0.3, 0.4) is 0 Å². The van der Waals surface area contributed by atoms with E-state index in [0.29, 0.717) is 6.04 Å². The van der Waals surface area contributed by atoms with E-state index in [9.17, 15) is 0 Å². The normalized spacial score (nSPS) is 17.1. The van der Waals surface area contributed by atoms with E-state index in [1.165, 1.54) is 5.56 Å². The molecule has 0 bridgehead atoms. The molecule has 0 spiro atoms. The zero-order valence-electron chi connectivity index (χ0n) is 10.4. The van der Waals surface area contributed by atoms with Crippen molar-refractivity contribution in [3.05, 3.63) is 42.7 Å². The molecule has 1 N–H and O–H groups in total. The van der Waals surface area contributed by atoms with Crippen LogP contribution in [0.5, 0.6) is 0 Å². The summed E-state index contributed by atoms with van der Waals surface area (Å²) in [6.45, 7) is 8.25. The van der Waals surface area contributed by atoms with Gasteiger partial charge in [0, 0.05) is 44.6 Å². The van der Waals surface area contributed by atoms with E-state index in [-0.39, 0.29) is 24.8 Å². The van der Waals surface area contributed by atoms with Gasteiger partial charge in [-0.2, -0.15) is 0 Å². The summed E-state index contributed by atoms with van der Waals surface area (Å²) in [6.07, 6.45) is 6.75. The van der Waals surface area contributed by atoms with Crippen LogP contribution in [0.15, 0.2) is 37.2 Å². The molecule has 1 aliphatic heterocycles. The lowest BCUT2D eigenvalue weighted by molar-refractivity contribution is 0.174. The number of piperazine rings is 1. The molecule has 3 nitrogen and oxygen atoms in total. The quantitative estimate of drug-likeness (QED) is 0.863. The summed E-state index contributed by atoms with van der Waals surface area (Å²) in [4.78, 5) is 6.60. The van der Waals surface area contributed by atoms with Crippen LogP contribution in [0.4, 0.5) is 0 Å².